The molecule has 0 aliphatic rings. The number of rotatable bonds is 45. The normalized spacial score (nSPS) is 11.8. The first-order valence-corrected chi connectivity index (χ1v) is 24.5. The molecule has 0 aliphatic carbocycles. The zero-order chi connectivity index (χ0) is 40.1. The fraction of sp³-hybridized carbons (Fsp3) is 0.939. The van der Waals surface area contributed by atoms with E-state index < -0.39 is 6.10 Å². The third-order valence-corrected chi connectivity index (χ3v) is 11.1. The molecule has 0 aromatic heterocycles. The number of esters is 3. The van der Waals surface area contributed by atoms with Gasteiger partial charge in [0.15, 0.2) is 6.10 Å². The van der Waals surface area contributed by atoms with Gasteiger partial charge in [-0.05, 0) is 19.3 Å². The number of hydrogen-bond donors (Lipinski definition) is 0. The summed E-state index contributed by atoms with van der Waals surface area (Å²) in [7, 11) is 0. The average molecular weight is 779 g/mol. The third-order valence-electron chi connectivity index (χ3n) is 11.1. The van der Waals surface area contributed by atoms with Crippen LogP contribution in [0.3, 0.4) is 0 Å². The monoisotopic (exact) mass is 779 g/mol. The van der Waals surface area contributed by atoms with Crippen LogP contribution in [0, 0.1) is 0 Å². The van der Waals surface area contributed by atoms with Gasteiger partial charge in [0.25, 0.3) is 0 Å². The molecule has 0 N–H and O–H groups in total. The molecule has 0 radical (unpaired) electrons. The van der Waals surface area contributed by atoms with Crippen molar-refractivity contribution in [3.8, 4) is 0 Å². The van der Waals surface area contributed by atoms with Gasteiger partial charge in [0.05, 0.1) is 0 Å². The second kappa shape index (κ2) is 45.1. The van der Waals surface area contributed by atoms with Gasteiger partial charge in [0, 0.05) is 19.3 Å². The number of carbonyl (C=O) groups is 3. The zero-order valence-electron chi connectivity index (χ0n) is 37.2. The van der Waals surface area contributed by atoms with Crippen LogP contribution in [0.15, 0.2) is 0 Å². The Morgan fingerprint density at radius 3 is 0.727 bits per heavy atom. The summed E-state index contributed by atoms with van der Waals surface area (Å²) in [6.07, 6.45) is 46.6. The lowest BCUT2D eigenvalue weighted by Gasteiger charge is -2.18. The predicted octanol–water partition coefficient (Wildman–Crippen LogP) is 15.6. The topological polar surface area (TPSA) is 78.9 Å². The van der Waals surface area contributed by atoms with Crippen molar-refractivity contribution in [2.45, 2.75) is 284 Å². The number of carbonyl (C=O) groups excluding carboxylic acids is 3. The maximum absolute atomic E-state index is 12.7. The van der Waals surface area contributed by atoms with Gasteiger partial charge in [-0.25, -0.2) is 0 Å². The molecular weight excluding hydrogens is 685 g/mol. The lowest BCUT2D eigenvalue weighted by molar-refractivity contribution is -0.167. The second-order valence-electron chi connectivity index (χ2n) is 16.7. The standard InChI is InChI=1S/C49H94O6/c1-4-7-10-13-16-19-21-22-23-24-25-26-27-28-31-33-36-39-42-48(51)54-45-46(44-53-47(50)41-38-35-32-29-18-15-12-9-6-3)55-49(52)43-40-37-34-30-20-17-14-11-8-5-2/h46H,4-45H2,1-3H3/t46-/m0/s1. The lowest BCUT2D eigenvalue weighted by Crippen LogP contribution is -2.30. The molecule has 0 aliphatic heterocycles. The first-order chi connectivity index (χ1) is 27.0. The van der Waals surface area contributed by atoms with Crippen LogP contribution in [0.1, 0.15) is 278 Å². The summed E-state index contributed by atoms with van der Waals surface area (Å²) in [5.74, 6) is -0.851. The van der Waals surface area contributed by atoms with Gasteiger partial charge in [0.2, 0.25) is 0 Å². The van der Waals surface area contributed by atoms with Crippen LogP contribution in [0.4, 0.5) is 0 Å². The zero-order valence-corrected chi connectivity index (χ0v) is 37.2. The van der Waals surface area contributed by atoms with Gasteiger partial charge in [-0.1, -0.05) is 239 Å². The largest absolute Gasteiger partial charge is 0.462 e. The highest BCUT2D eigenvalue weighted by Gasteiger charge is 2.19. The van der Waals surface area contributed by atoms with Crippen LogP contribution < -0.4 is 0 Å². The van der Waals surface area contributed by atoms with Crippen LogP contribution in [0.5, 0.6) is 0 Å². The van der Waals surface area contributed by atoms with Gasteiger partial charge in [0.1, 0.15) is 13.2 Å². The Bertz CT molecular complexity index is 813. The van der Waals surface area contributed by atoms with Crippen LogP contribution in [0.25, 0.3) is 0 Å². The molecule has 0 amide bonds. The molecule has 0 rings (SSSR count). The van der Waals surface area contributed by atoms with E-state index in [4.69, 9.17) is 14.2 Å². The van der Waals surface area contributed by atoms with Crippen LogP contribution in [-0.2, 0) is 28.6 Å². The number of ether oxygens (including phenoxy) is 3. The summed E-state index contributed by atoms with van der Waals surface area (Å²) >= 11 is 0. The van der Waals surface area contributed by atoms with Crippen LogP contribution in [-0.4, -0.2) is 37.2 Å². The molecule has 0 spiro atoms. The van der Waals surface area contributed by atoms with E-state index in [9.17, 15) is 14.4 Å². The number of unbranched alkanes of at least 4 members (excludes halogenated alkanes) is 34. The lowest BCUT2D eigenvalue weighted by atomic mass is 10.0. The molecule has 0 aromatic rings. The maximum Gasteiger partial charge on any atom is 0.306 e. The van der Waals surface area contributed by atoms with Crippen molar-refractivity contribution in [1.29, 1.82) is 0 Å². The van der Waals surface area contributed by atoms with E-state index in [0.29, 0.717) is 19.3 Å². The van der Waals surface area contributed by atoms with Crippen molar-refractivity contribution >= 4 is 17.9 Å². The molecule has 0 unspecified atom stereocenters. The van der Waals surface area contributed by atoms with Crippen LogP contribution >= 0.6 is 0 Å². The fourth-order valence-electron chi connectivity index (χ4n) is 7.38. The minimum absolute atomic E-state index is 0.0625. The molecule has 0 saturated carbocycles. The van der Waals surface area contributed by atoms with Crippen LogP contribution in [0.2, 0.25) is 0 Å². The van der Waals surface area contributed by atoms with E-state index in [1.807, 2.05) is 0 Å². The number of hydrogen-bond acceptors (Lipinski definition) is 6. The van der Waals surface area contributed by atoms with E-state index >= 15 is 0 Å². The minimum atomic E-state index is -0.757. The van der Waals surface area contributed by atoms with Crippen molar-refractivity contribution in [1.82, 2.24) is 0 Å². The smallest absolute Gasteiger partial charge is 0.306 e. The molecule has 6 heteroatoms. The predicted molar refractivity (Wildman–Crippen MR) is 233 cm³/mol. The molecule has 0 aromatic carbocycles. The van der Waals surface area contributed by atoms with Crippen molar-refractivity contribution in [2.75, 3.05) is 13.2 Å². The van der Waals surface area contributed by atoms with Gasteiger partial charge in [-0.15, -0.1) is 0 Å². The summed E-state index contributed by atoms with van der Waals surface area (Å²) in [6, 6.07) is 0. The Hall–Kier alpha value is -1.59. The van der Waals surface area contributed by atoms with Gasteiger partial charge < -0.3 is 14.2 Å². The minimum Gasteiger partial charge on any atom is -0.462 e. The SMILES string of the molecule is CCCCCCCCCCCCCCCCCCCCC(=O)OC[C@H](COC(=O)CCCCCCCCCCC)OC(=O)CCCCCCCCCCCC. The van der Waals surface area contributed by atoms with E-state index in [2.05, 4.69) is 20.8 Å². The molecule has 0 heterocycles. The van der Waals surface area contributed by atoms with Crippen molar-refractivity contribution in [3.05, 3.63) is 0 Å². The second-order valence-corrected chi connectivity index (χ2v) is 16.7. The fourth-order valence-corrected chi connectivity index (χ4v) is 7.38. The summed E-state index contributed by atoms with van der Waals surface area (Å²) in [5, 5.41) is 0. The van der Waals surface area contributed by atoms with Gasteiger partial charge in [-0.2, -0.15) is 0 Å². The van der Waals surface area contributed by atoms with E-state index in [-0.39, 0.29) is 31.1 Å². The molecule has 0 saturated heterocycles. The molecular formula is C49H94O6. The summed E-state index contributed by atoms with van der Waals surface area (Å²) in [6.45, 7) is 6.64. The maximum atomic E-state index is 12.7. The van der Waals surface area contributed by atoms with E-state index in [1.54, 1.807) is 0 Å². The highest BCUT2D eigenvalue weighted by molar-refractivity contribution is 5.71. The van der Waals surface area contributed by atoms with Gasteiger partial charge in [-0.3, -0.25) is 14.4 Å². The first kappa shape index (κ1) is 53.4. The summed E-state index contributed by atoms with van der Waals surface area (Å²) in [4.78, 5) is 37.7. The Kier molecular flexibility index (Phi) is 43.8. The van der Waals surface area contributed by atoms with E-state index in [0.717, 1.165) is 57.8 Å². The highest BCUT2D eigenvalue weighted by Crippen LogP contribution is 2.16. The van der Waals surface area contributed by atoms with Crippen molar-refractivity contribution in [2.24, 2.45) is 0 Å². The Morgan fingerprint density at radius 2 is 0.491 bits per heavy atom. The quantitative estimate of drug-likeness (QED) is 0.0348. The molecule has 0 fully saturated rings. The Morgan fingerprint density at radius 1 is 0.291 bits per heavy atom. The molecule has 6 nitrogen and oxygen atoms in total. The molecule has 0 bridgehead atoms. The van der Waals surface area contributed by atoms with E-state index in [1.165, 1.54) is 180 Å². The molecule has 1 atom stereocenters. The molecule has 55 heavy (non-hydrogen) atoms. The molecule has 326 valence electrons. The van der Waals surface area contributed by atoms with Gasteiger partial charge >= 0.3 is 17.9 Å². The average Bonchev–Trinajstić information content (AvgIpc) is 3.18. The summed E-state index contributed by atoms with van der Waals surface area (Å²) < 4.78 is 16.7. The Balaban J connectivity index is 4.20. The van der Waals surface area contributed by atoms with Crippen molar-refractivity contribution in [3.63, 3.8) is 0 Å². The Labute approximate surface area is 342 Å². The highest BCUT2D eigenvalue weighted by atomic mass is 16.6. The first-order valence-electron chi connectivity index (χ1n) is 24.5. The van der Waals surface area contributed by atoms with Crippen molar-refractivity contribution < 1.29 is 28.6 Å². The summed E-state index contributed by atoms with van der Waals surface area (Å²) in [5.41, 5.74) is 0. The third kappa shape index (κ3) is 43.4.